The van der Waals surface area contributed by atoms with Crippen molar-refractivity contribution >= 4 is 0 Å². The van der Waals surface area contributed by atoms with Crippen LogP contribution >= 0.6 is 0 Å². The molecule has 0 amide bonds. The van der Waals surface area contributed by atoms with Gasteiger partial charge in [0, 0.05) is 13.2 Å². The van der Waals surface area contributed by atoms with Gasteiger partial charge >= 0.3 is 0 Å². The summed E-state index contributed by atoms with van der Waals surface area (Å²) in [5.41, 5.74) is -0.240. The fourth-order valence-corrected chi connectivity index (χ4v) is 2.22. The van der Waals surface area contributed by atoms with Crippen LogP contribution in [0.3, 0.4) is 0 Å². The third-order valence-corrected chi connectivity index (χ3v) is 3.00. The second-order valence-electron chi connectivity index (χ2n) is 3.85. The Morgan fingerprint density at radius 2 is 2.33 bits per heavy atom. The fourth-order valence-electron chi connectivity index (χ4n) is 2.22. The summed E-state index contributed by atoms with van der Waals surface area (Å²) in [6, 6.07) is 0. The Morgan fingerprint density at radius 3 is 3.00 bits per heavy atom. The minimum atomic E-state index is -0.251. The highest BCUT2D eigenvalue weighted by molar-refractivity contribution is 4.95. The Hall–Kier alpha value is -0.120. The van der Waals surface area contributed by atoms with Crippen molar-refractivity contribution in [3.63, 3.8) is 0 Å². The number of rotatable bonds is 0. The third kappa shape index (κ3) is 1.37. The van der Waals surface area contributed by atoms with Gasteiger partial charge in [-0.15, -0.1) is 0 Å². The molecule has 3 nitrogen and oxygen atoms in total. The molecule has 2 aliphatic rings. The molecule has 2 N–H and O–H groups in total. The van der Waals surface area contributed by atoms with Gasteiger partial charge in [-0.2, -0.15) is 0 Å². The molecule has 2 atom stereocenters. The van der Waals surface area contributed by atoms with E-state index in [1.54, 1.807) is 0 Å². The topological polar surface area (TPSA) is 41.5 Å². The predicted molar refractivity (Wildman–Crippen MR) is 46.0 cm³/mol. The van der Waals surface area contributed by atoms with Gasteiger partial charge in [-0.05, 0) is 32.2 Å². The van der Waals surface area contributed by atoms with Crippen molar-refractivity contribution in [1.29, 1.82) is 0 Å². The van der Waals surface area contributed by atoms with E-state index in [4.69, 9.17) is 4.74 Å². The van der Waals surface area contributed by atoms with E-state index in [0.29, 0.717) is 0 Å². The van der Waals surface area contributed by atoms with Crippen molar-refractivity contribution in [2.75, 3.05) is 19.7 Å². The number of piperidine rings is 1. The Morgan fingerprint density at radius 1 is 1.42 bits per heavy atom. The molecule has 0 unspecified atom stereocenters. The maximum Gasteiger partial charge on any atom is 0.106 e. The highest BCUT2D eigenvalue weighted by Gasteiger charge is 2.41. The van der Waals surface area contributed by atoms with E-state index in [1.165, 1.54) is 0 Å². The van der Waals surface area contributed by atoms with Crippen molar-refractivity contribution in [2.45, 2.75) is 37.4 Å². The Labute approximate surface area is 73.1 Å². The quantitative estimate of drug-likeness (QED) is 0.550. The van der Waals surface area contributed by atoms with Gasteiger partial charge in [0.05, 0.1) is 6.10 Å². The molecular weight excluding hydrogens is 154 g/mol. The zero-order chi connectivity index (χ0) is 8.44. The lowest BCUT2D eigenvalue weighted by molar-refractivity contribution is -0.162. The molecule has 2 aliphatic heterocycles. The highest BCUT2D eigenvalue weighted by atomic mass is 16.5. The summed E-state index contributed by atoms with van der Waals surface area (Å²) in [6.45, 7) is 2.71. The maximum atomic E-state index is 9.82. The van der Waals surface area contributed by atoms with Crippen molar-refractivity contribution in [3.05, 3.63) is 0 Å². The van der Waals surface area contributed by atoms with Gasteiger partial charge in [-0.3, -0.25) is 0 Å². The summed E-state index contributed by atoms with van der Waals surface area (Å²) >= 11 is 0. The van der Waals surface area contributed by atoms with Crippen molar-refractivity contribution in [2.24, 2.45) is 0 Å². The molecule has 70 valence electrons. The molecule has 3 heteroatoms. The molecule has 0 aromatic heterocycles. The van der Waals surface area contributed by atoms with Gasteiger partial charge in [-0.25, -0.2) is 0 Å². The third-order valence-electron chi connectivity index (χ3n) is 3.00. The van der Waals surface area contributed by atoms with Crippen LogP contribution in [0, 0.1) is 0 Å². The van der Waals surface area contributed by atoms with Crippen LogP contribution in [-0.4, -0.2) is 36.5 Å². The minimum absolute atomic E-state index is 0.240. The first-order valence-corrected chi connectivity index (χ1v) is 4.86. The summed E-state index contributed by atoms with van der Waals surface area (Å²) in [6.07, 6.45) is 3.79. The predicted octanol–water partition coefficient (Wildman–Crippen LogP) is 0.280. The van der Waals surface area contributed by atoms with E-state index in [2.05, 4.69) is 5.32 Å². The number of hydrogen-bond acceptors (Lipinski definition) is 3. The number of aliphatic hydroxyl groups excluding tert-OH is 1. The van der Waals surface area contributed by atoms with Gasteiger partial charge in [0.25, 0.3) is 0 Å². The van der Waals surface area contributed by atoms with Crippen LogP contribution in [0.5, 0.6) is 0 Å². The van der Waals surface area contributed by atoms with Crippen LogP contribution in [-0.2, 0) is 4.74 Å². The van der Waals surface area contributed by atoms with E-state index in [1.807, 2.05) is 0 Å². The molecule has 0 aromatic carbocycles. The van der Waals surface area contributed by atoms with Crippen LogP contribution < -0.4 is 5.32 Å². The summed E-state index contributed by atoms with van der Waals surface area (Å²) in [5.74, 6) is 0. The maximum absolute atomic E-state index is 9.82. The second kappa shape index (κ2) is 3.32. The van der Waals surface area contributed by atoms with Crippen LogP contribution in [0.2, 0.25) is 0 Å². The Kier molecular flexibility index (Phi) is 2.35. The molecule has 0 bridgehead atoms. The van der Waals surface area contributed by atoms with Crippen LogP contribution in [0.15, 0.2) is 0 Å². The number of ether oxygens (including phenoxy) is 1. The number of hydrogen-bond donors (Lipinski definition) is 2. The molecule has 2 fully saturated rings. The first kappa shape index (κ1) is 8.48. The molecule has 2 heterocycles. The van der Waals surface area contributed by atoms with E-state index in [9.17, 15) is 5.11 Å². The minimum Gasteiger partial charge on any atom is -0.390 e. The molecule has 1 spiro atoms. The fraction of sp³-hybridized carbons (Fsp3) is 1.00. The van der Waals surface area contributed by atoms with Crippen molar-refractivity contribution < 1.29 is 9.84 Å². The van der Waals surface area contributed by atoms with Gasteiger partial charge in [0.2, 0.25) is 0 Å². The van der Waals surface area contributed by atoms with E-state index >= 15 is 0 Å². The van der Waals surface area contributed by atoms with Crippen molar-refractivity contribution in [1.82, 2.24) is 5.32 Å². The SMILES string of the molecule is O[C@@H]1CCCO[C@]12CCCNC2. The first-order valence-electron chi connectivity index (χ1n) is 4.86. The number of aliphatic hydroxyl groups is 1. The molecule has 0 aliphatic carbocycles. The molecule has 12 heavy (non-hydrogen) atoms. The van der Waals surface area contributed by atoms with Gasteiger partial charge in [0.15, 0.2) is 0 Å². The van der Waals surface area contributed by atoms with E-state index in [0.717, 1.165) is 45.4 Å². The monoisotopic (exact) mass is 171 g/mol. The largest absolute Gasteiger partial charge is 0.390 e. The van der Waals surface area contributed by atoms with E-state index in [-0.39, 0.29) is 11.7 Å². The standard InChI is InChI=1S/C9H17NO2/c11-8-3-1-6-12-9(8)4-2-5-10-7-9/h8,10-11H,1-7H2/t8-,9+/m1/s1. The summed E-state index contributed by atoms with van der Waals surface area (Å²) in [5, 5.41) is 13.1. The van der Waals surface area contributed by atoms with Crippen LogP contribution in [0.25, 0.3) is 0 Å². The molecule has 0 saturated carbocycles. The lowest BCUT2D eigenvalue weighted by Crippen LogP contribution is -2.57. The molecular formula is C9H17NO2. The summed E-state index contributed by atoms with van der Waals surface area (Å²) in [4.78, 5) is 0. The summed E-state index contributed by atoms with van der Waals surface area (Å²) < 4.78 is 5.71. The Bertz CT molecular complexity index is 146. The van der Waals surface area contributed by atoms with Gasteiger partial charge < -0.3 is 15.2 Å². The molecule has 2 saturated heterocycles. The average Bonchev–Trinajstić information content (AvgIpc) is 2.12. The second-order valence-corrected chi connectivity index (χ2v) is 3.85. The molecule has 0 aromatic rings. The zero-order valence-corrected chi connectivity index (χ0v) is 7.38. The van der Waals surface area contributed by atoms with Crippen LogP contribution in [0.4, 0.5) is 0 Å². The Balaban J connectivity index is 2.04. The van der Waals surface area contributed by atoms with Crippen LogP contribution in [0.1, 0.15) is 25.7 Å². The summed E-state index contributed by atoms with van der Waals surface area (Å²) in [7, 11) is 0. The lowest BCUT2D eigenvalue weighted by atomic mass is 9.84. The van der Waals surface area contributed by atoms with Crippen molar-refractivity contribution in [3.8, 4) is 0 Å². The molecule has 0 radical (unpaired) electrons. The normalized spacial score (nSPS) is 43.2. The average molecular weight is 171 g/mol. The molecule has 2 rings (SSSR count). The zero-order valence-electron chi connectivity index (χ0n) is 7.38. The highest BCUT2D eigenvalue weighted by Crippen LogP contribution is 2.31. The van der Waals surface area contributed by atoms with Gasteiger partial charge in [0.1, 0.15) is 5.60 Å². The number of nitrogens with one attached hydrogen (secondary N) is 1. The first-order chi connectivity index (χ1) is 5.83. The van der Waals surface area contributed by atoms with Gasteiger partial charge in [-0.1, -0.05) is 0 Å². The van der Waals surface area contributed by atoms with E-state index < -0.39 is 0 Å². The smallest absolute Gasteiger partial charge is 0.106 e. The lowest BCUT2D eigenvalue weighted by Gasteiger charge is -2.44.